The Kier molecular flexibility index (Phi) is 8.77. The largest absolute Gasteiger partial charge is 0.494 e. The number of carboxylic acids is 1. The number of carbonyl (C=O) groups is 1. The number of aliphatic carboxylic acids is 1. The van der Waals surface area contributed by atoms with Gasteiger partial charge >= 0.3 is 5.97 Å². The van der Waals surface area contributed by atoms with Crippen LogP contribution in [0.5, 0.6) is 5.75 Å². The summed E-state index contributed by atoms with van der Waals surface area (Å²) in [4.78, 5) is 15.7. The smallest absolute Gasteiger partial charge is 0.322 e. The molecule has 2 aromatic rings. The number of carboxylic acid groups (broad SMARTS) is 1. The van der Waals surface area contributed by atoms with E-state index in [1.165, 1.54) is 12.5 Å². The van der Waals surface area contributed by atoms with Crippen LogP contribution in [0.1, 0.15) is 24.5 Å². The molecule has 0 aromatic heterocycles. The first-order chi connectivity index (χ1) is 13.0. The minimum absolute atomic E-state index is 0.00928. The third kappa shape index (κ3) is 8.21. The highest BCUT2D eigenvalue weighted by atomic mass is 16.7. The first-order valence-corrected chi connectivity index (χ1v) is 9.08. The molecule has 0 aliphatic rings. The van der Waals surface area contributed by atoms with Crippen molar-refractivity contribution >= 4 is 5.97 Å². The summed E-state index contributed by atoms with van der Waals surface area (Å²) in [7, 11) is 0. The molecule has 1 unspecified atom stereocenters. The molecule has 0 saturated heterocycles. The van der Waals surface area contributed by atoms with E-state index in [4.69, 9.17) is 14.7 Å². The molecule has 0 spiro atoms. The minimum Gasteiger partial charge on any atom is -0.494 e. The maximum atomic E-state index is 10.6. The number of nitrogens with one attached hydrogen (secondary N) is 1. The van der Waals surface area contributed by atoms with E-state index in [2.05, 4.69) is 17.6 Å². The first-order valence-electron chi connectivity index (χ1n) is 9.08. The van der Waals surface area contributed by atoms with Gasteiger partial charge in [0.25, 0.3) is 0 Å². The fourth-order valence-corrected chi connectivity index (χ4v) is 2.48. The van der Waals surface area contributed by atoms with Crippen molar-refractivity contribution in [1.29, 1.82) is 0 Å². The Morgan fingerprint density at radius 1 is 1.07 bits per heavy atom. The van der Waals surface area contributed by atoms with Gasteiger partial charge in [-0.05, 0) is 43.0 Å². The molecule has 146 valence electrons. The van der Waals surface area contributed by atoms with E-state index >= 15 is 0 Å². The zero-order chi connectivity index (χ0) is 19.5. The molecule has 2 atom stereocenters. The van der Waals surface area contributed by atoms with Gasteiger partial charge in [0.1, 0.15) is 11.8 Å². The van der Waals surface area contributed by atoms with Gasteiger partial charge in [0, 0.05) is 6.42 Å². The van der Waals surface area contributed by atoms with Crippen LogP contribution in [0.3, 0.4) is 0 Å². The van der Waals surface area contributed by atoms with Crippen LogP contribution in [-0.4, -0.2) is 41.5 Å². The Balaban J connectivity index is 1.64. The topological polar surface area (TPSA) is 88.0 Å². The second-order valence-electron chi connectivity index (χ2n) is 6.43. The molecule has 0 fully saturated rings. The van der Waals surface area contributed by atoms with Crippen molar-refractivity contribution in [2.45, 2.75) is 38.3 Å². The highest BCUT2D eigenvalue weighted by Crippen LogP contribution is 2.14. The lowest BCUT2D eigenvalue weighted by atomic mass is 10.1. The summed E-state index contributed by atoms with van der Waals surface area (Å²) in [5.41, 5.74) is 4.63. The van der Waals surface area contributed by atoms with Crippen LogP contribution in [-0.2, 0) is 22.5 Å². The molecule has 6 heteroatoms. The Hall–Kier alpha value is -2.41. The summed E-state index contributed by atoms with van der Waals surface area (Å²) in [6, 6.07) is 17.1. The van der Waals surface area contributed by atoms with Crippen molar-refractivity contribution in [3.05, 3.63) is 65.7 Å². The van der Waals surface area contributed by atoms with E-state index in [1.807, 2.05) is 42.5 Å². The van der Waals surface area contributed by atoms with Gasteiger partial charge in [-0.1, -0.05) is 42.5 Å². The molecule has 6 nitrogen and oxygen atoms in total. The number of hydrogen-bond donors (Lipinski definition) is 3. The minimum atomic E-state index is -1.01. The lowest BCUT2D eigenvalue weighted by Crippen LogP contribution is -2.36. The van der Waals surface area contributed by atoms with Gasteiger partial charge in [-0.25, -0.2) is 0 Å². The van der Waals surface area contributed by atoms with Crippen molar-refractivity contribution < 1.29 is 24.6 Å². The molecule has 0 bridgehead atoms. The third-order valence-electron chi connectivity index (χ3n) is 4.02. The third-order valence-corrected chi connectivity index (χ3v) is 4.02. The monoisotopic (exact) mass is 373 g/mol. The Bertz CT molecular complexity index is 675. The highest BCUT2D eigenvalue weighted by Gasteiger charge is 2.12. The van der Waals surface area contributed by atoms with Gasteiger partial charge in [0.15, 0.2) is 0 Å². The van der Waals surface area contributed by atoms with Gasteiger partial charge in [0.05, 0.1) is 19.3 Å². The molecular formula is C21H27NO5. The number of aryl methyl sites for hydroxylation is 1. The van der Waals surface area contributed by atoms with Crippen LogP contribution in [0.25, 0.3) is 0 Å². The summed E-state index contributed by atoms with van der Waals surface area (Å²) >= 11 is 0. The first kappa shape index (κ1) is 20.9. The molecular weight excluding hydrogens is 346 g/mol. The van der Waals surface area contributed by atoms with E-state index in [0.717, 1.165) is 24.2 Å². The summed E-state index contributed by atoms with van der Waals surface area (Å²) in [6.45, 7) is 2.13. The number of aliphatic hydroxyl groups excluding tert-OH is 1. The predicted molar refractivity (Wildman–Crippen MR) is 103 cm³/mol. The Morgan fingerprint density at radius 3 is 2.44 bits per heavy atom. The van der Waals surface area contributed by atoms with E-state index in [9.17, 15) is 9.90 Å². The van der Waals surface area contributed by atoms with E-state index in [-0.39, 0.29) is 6.61 Å². The molecule has 0 aliphatic heterocycles. The quantitative estimate of drug-likeness (QED) is 0.392. The summed E-state index contributed by atoms with van der Waals surface area (Å²) in [5.74, 6) is -0.210. The molecule has 3 N–H and O–H groups in total. The molecule has 0 saturated carbocycles. The lowest BCUT2D eigenvalue weighted by molar-refractivity contribution is -0.144. The normalized spacial score (nSPS) is 13.1. The van der Waals surface area contributed by atoms with Gasteiger partial charge in [-0.2, -0.15) is 5.48 Å². The van der Waals surface area contributed by atoms with Crippen molar-refractivity contribution in [3.63, 3.8) is 0 Å². The van der Waals surface area contributed by atoms with Gasteiger partial charge in [-0.15, -0.1) is 0 Å². The zero-order valence-electron chi connectivity index (χ0n) is 15.5. The zero-order valence-corrected chi connectivity index (χ0v) is 15.5. The van der Waals surface area contributed by atoms with Crippen molar-refractivity contribution in [2.75, 3.05) is 13.2 Å². The van der Waals surface area contributed by atoms with Crippen LogP contribution in [0.15, 0.2) is 54.6 Å². The number of benzene rings is 2. The molecule has 27 heavy (non-hydrogen) atoms. The van der Waals surface area contributed by atoms with E-state index < -0.39 is 18.1 Å². The molecule has 2 aromatic carbocycles. The maximum Gasteiger partial charge on any atom is 0.322 e. The van der Waals surface area contributed by atoms with Crippen molar-refractivity contribution in [1.82, 2.24) is 5.48 Å². The standard InChI is InChI=1S/C21H27NO5/c1-16(21(24)25)22-27-15-19(23)14-18-9-11-20(12-10-18)26-13-5-8-17-6-3-2-4-7-17/h2-4,6-7,9-12,16,19,22-23H,5,8,13-15H2,1H3,(H,24,25)/t16-,19?/m0/s1. The summed E-state index contributed by atoms with van der Waals surface area (Å²) in [5, 5.41) is 18.7. The van der Waals surface area contributed by atoms with Crippen LogP contribution >= 0.6 is 0 Å². The number of hydroxylamine groups is 1. The predicted octanol–water partition coefficient (Wildman–Crippen LogP) is 2.60. The fraction of sp³-hybridized carbons (Fsp3) is 0.381. The average Bonchev–Trinajstić information content (AvgIpc) is 2.67. The maximum absolute atomic E-state index is 10.6. The molecule has 0 heterocycles. The van der Waals surface area contributed by atoms with Gasteiger partial charge in [0.2, 0.25) is 0 Å². The van der Waals surface area contributed by atoms with E-state index in [1.54, 1.807) is 0 Å². The molecule has 0 amide bonds. The van der Waals surface area contributed by atoms with Gasteiger partial charge < -0.3 is 14.9 Å². The number of hydrogen-bond acceptors (Lipinski definition) is 5. The number of rotatable bonds is 12. The summed E-state index contributed by atoms with van der Waals surface area (Å²) in [6.07, 6.45) is 1.62. The number of aliphatic hydroxyl groups is 1. The van der Waals surface area contributed by atoms with Crippen LogP contribution in [0.4, 0.5) is 0 Å². The Morgan fingerprint density at radius 2 is 1.78 bits per heavy atom. The highest BCUT2D eigenvalue weighted by molar-refractivity contribution is 5.72. The van der Waals surface area contributed by atoms with Gasteiger partial charge in [-0.3, -0.25) is 9.63 Å². The number of ether oxygens (including phenoxy) is 1. The fourth-order valence-electron chi connectivity index (χ4n) is 2.48. The van der Waals surface area contributed by atoms with Crippen molar-refractivity contribution in [3.8, 4) is 5.75 Å². The van der Waals surface area contributed by atoms with Crippen LogP contribution in [0, 0.1) is 0 Å². The van der Waals surface area contributed by atoms with Crippen LogP contribution in [0.2, 0.25) is 0 Å². The SMILES string of the molecule is C[C@H](NOCC(O)Cc1ccc(OCCCc2ccccc2)cc1)C(=O)O. The van der Waals surface area contributed by atoms with Crippen LogP contribution < -0.4 is 10.2 Å². The van der Waals surface area contributed by atoms with E-state index in [0.29, 0.717) is 13.0 Å². The van der Waals surface area contributed by atoms with Crippen molar-refractivity contribution in [2.24, 2.45) is 0 Å². The molecule has 0 aliphatic carbocycles. The average molecular weight is 373 g/mol. The molecule has 0 radical (unpaired) electrons. The lowest BCUT2D eigenvalue weighted by Gasteiger charge is -2.14. The summed E-state index contributed by atoms with van der Waals surface area (Å²) < 4.78 is 5.75. The second kappa shape index (κ2) is 11.3. The molecule has 2 rings (SSSR count). The Labute approximate surface area is 159 Å². The second-order valence-corrected chi connectivity index (χ2v) is 6.43.